The molecule has 0 fully saturated rings. The van der Waals surface area contributed by atoms with Crippen molar-refractivity contribution in [3.05, 3.63) is 21.9 Å². The maximum Gasteiger partial charge on any atom is 0.422 e. The smallest absolute Gasteiger partial charge is 0.376 e. The number of alkyl halides is 3. The second kappa shape index (κ2) is 4.11. The average Bonchev–Trinajstić information content (AvgIpc) is 2.50. The molecule has 6 heteroatoms. The normalized spacial score (nSPS) is 16.4. The third kappa shape index (κ3) is 2.32. The molecule has 0 spiro atoms. The summed E-state index contributed by atoms with van der Waals surface area (Å²) in [7, 11) is 0. The summed E-state index contributed by atoms with van der Waals surface area (Å²) in [6, 6.07) is 2.84. The van der Waals surface area contributed by atoms with E-state index >= 15 is 0 Å². The van der Waals surface area contributed by atoms with Gasteiger partial charge in [0.2, 0.25) is 0 Å². The largest absolute Gasteiger partial charge is 0.422 e. The van der Waals surface area contributed by atoms with E-state index < -0.39 is 18.2 Å². The fourth-order valence-electron chi connectivity index (χ4n) is 1.27. The number of hydrogen-bond acceptors (Lipinski definition) is 3. The minimum absolute atomic E-state index is 0.0991. The van der Waals surface area contributed by atoms with Crippen LogP contribution in [-0.2, 0) is 5.60 Å². The van der Waals surface area contributed by atoms with Crippen LogP contribution in [0.3, 0.4) is 0 Å². The third-order valence-corrected chi connectivity index (χ3v) is 3.27. The van der Waals surface area contributed by atoms with Crippen LogP contribution in [0.2, 0.25) is 0 Å². The topological polar surface area (TPSA) is 46.2 Å². The van der Waals surface area contributed by atoms with Crippen LogP contribution in [0.4, 0.5) is 13.2 Å². The second-order valence-corrected chi connectivity index (χ2v) is 4.59. The number of rotatable bonds is 3. The number of halogens is 3. The van der Waals surface area contributed by atoms with E-state index in [2.05, 4.69) is 0 Å². The highest BCUT2D eigenvalue weighted by Crippen LogP contribution is 2.43. The van der Waals surface area contributed by atoms with Gasteiger partial charge < -0.3 is 10.8 Å². The minimum Gasteiger partial charge on any atom is -0.376 e. The molecule has 15 heavy (non-hydrogen) atoms. The molecule has 0 aliphatic rings. The van der Waals surface area contributed by atoms with Gasteiger partial charge in [-0.25, -0.2) is 0 Å². The Morgan fingerprint density at radius 2 is 2.00 bits per heavy atom. The van der Waals surface area contributed by atoms with Gasteiger partial charge in [0.05, 0.1) is 0 Å². The highest BCUT2D eigenvalue weighted by Gasteiger charge is 2.55. The lowest BCUT2D eigenvalue weighted by Crippen LogP contribution is -2.43. The lowest BCUT2D eigenvalue weighted by Gasteiger charge is -2.29. The number of hydrogen-bond donors (Lipinski definition) is 2. The van der Waals surface area contributed by atoms with Gasteiger partial charge in [0.15, 0.2) is 5.60 Å². The van der Waals surface area contributed by atoms with Crippen molar-refractivity contribution in [1.29, 1.82) is 0 Å². The van der Waals surface area contributed by atoms with E-state index in [1.807, 2.05) is 0 Å². The van der Waals surface area contributed by atoms with Crippen LogP contribution in [0.15, 0.2) is 12.1 Å². The molecule has 0 saturated carbocycles. The molecule has 0 saturated heterocycles. The zero-order chi connectivity index (χ0) is 11.7. The molecule has 3 N–H and O–H groups in total. The van der Waals surface area contributed by atoms with E-state index in [1.165, 1.54) is 6.07 Å². The number of thiophene rings is 1. The Kier molecular flexibility index (Phi) is 3.42. The Hall–Kier alpha value is -0.590. The van der Waals surface area contributed by atoms with E-state index in [-0.39, 0.29) is 11.4 Å². The van der Waals surface area contributed by atoms with Gasteiger partial charge in [-0.1, -0.05) is 0 Å². The van der Waals surface area contributed by atoms with E-state index in [4.69, 9.17) is 5.73 Å². The Morgan fingerprint density at radius 3 is 2.33 bits per heavy atom. The van der Waals surface area contributed by atoms with E-state index in [1.54, 1.807) is 13.0 Å². The first-order valence-corrected chi connectivity index (χ1v) is 5.19. The van der Waals surface area contributed by atoms with Crippen LogP contribution in [0.1, 0.15) is 16.2 Å². The molecule has 0 bridgehead atoms. The molecule has 1 aromatic heterocycles. The zero-order valence-electron chi connectivity index (χ0n) is 8.14. The molecule has 1 atom stereocenters. The second-order valence-electron chi connectivity index (χ2n) is 3.31. The molecule has 0 aliphatic heterocycles. The highest BCUT2D eigenvalue weighted by molar-refractivity contribution is 7.12. The molecular weight excluding hydrogens is 227 g/mol. The van der Waals surface area contributed by atoms with Gasteiger partial charge in [-0.05, 0) is 25.6 Å². The molecular formula is C9H12F3NOS. The summed E-state index contributed by atoms with van der Waals surface area (Å²) < 4.78 is 38.1. The predicted octanol–water partition coefficient (Wildman–Crippen LogP) is 2.16. The molecule has 86 valence electrons. The molecule has 1 heterocycles. The van der Waals surface area contributed by atoms with Crippen molar-refractivity contribution in [3.63, 3.8) is 0 Å². The maximum atomic E-state index is 12.7. The first-order chi connectivity index (χ1) is 6.81. The highest BCUT2D eigenvalue weighted by atomic mass is 32.1. The van der Waals surface area contributed by atoms with E-state index in [0.717, 1.165) is 16.2 Å². The van der Waals surface area contributed by atoms with Gasteiger partial charge in [0.25, 0.3) is 0 Å². The summed E-state index contributed by atoms with van der Waals surface area (Å²) in [5.41, 5.74) is 2.30. The Balaban J connectivity index is 3.12. The summed E-state index contributed by atoms with van der Waals surface area (Å²) in [6.07, 6.45) is -5.21. The SMILES string of the molecule is Cc1ccc(C(O)(CCN)C(F)(F)F)s1. The molecule has 0 aliphatic carbocycles. The van der Waals surface area contributed by atoms with Gasteiger partial charge in [-0.15, -0.1) is 11.3 Å². The molecule has 1 rings (SSSR count). The van der Waals surface area contributed by atoms with Gasteiger partial charge in [-0.3, -0.25) is 0 Å². The lowest BCUT2D eigenvalue weighted by atomic mass is 9.97. The first kappa shape index (κ1) is 12.5. The van der Waals surface area contributed by atoms with E-state index in [9.17, 15) is 18.3 Å². The zero-order valence-corrected chi connectivity index (χ0v) is 8.95. The average molecular weight is 239 g/mol. The van der Waals surface area contributed by atoms with Gasteiger partial charge in [-0.2, -0.15) is 13.2 Å². The Labute approximate surface area is 89.5 Å². The molecule has 1 aromatic rings. The molecule has 0 amide bonds. The van der Waals surface area contributed by atoms with E-state index in [0.29, 0.717) is 0 Å². The molecule has 2 nitrogen and oxygen atoms in total. The van der Waals surface area contributed by atoms with Gasteiger partial charge in [0, 0.05) is 16.2 Å². The first-order valence-electron chi connectivity index (χ1n) is 4.37. The number of aryl methyl sites for hydroxylation is 1. The lowest BCUT2D eigenvalue weighted by molar-refractivity contribution is -0.267. The Morgan fingerprint density at radius 1 is 1.40 bits per heavy atom. The Bertz CT molecular complexity index is 336. The van der Waals surface area contributed by atoms with Crippen LogP contribution in [0.5, 0.6) is 0 Å². The van der Waals surface area contributed by atoms with Crippen LogP contribution in [0.25, 0.3) is 0 Å². The van der Waals surface area contributed by atoms with Crippen LogP contribution in [0, 0.1) is 6.92 Å². The summed E-state index contributed by atoms with van der Waals surface area (Å²) in [5.74, 6) is 0. The van der Waals surface area contributed by atoms with Crippen molar-refractivity contribution in [2.45, 2.75) is 25.1 Å². The van der Waals surface area contributed by atoms with Crippen molar-refractivity contribution in [2.75, 3.05) is 6.54 Å². The van der Waals surface area contributed by atoms with Gasteiger partial charge >= 0.3 is 6.18 Å². The van der Waals surface area contributed by atoms with Crippen molar-refractivity contribution >= 4 is 11.3 Å². The fraction of sp³-hybridized carbons (Fsp3) is 0.556. The fourth-order valence-corrected chi connectivity index (χ4v) is 2.28. The summed E-state index contributed by atoms with van der Waals surface area (Å²) in [6.45, 7) is 1.47. The molecule has 0 radical (unpaired) electrons. The van der Waals surface area contributed by atoms with Crippen LogP contribution >= 0.6 is 11.3 Å². The van der Waals surface area contributed by atoms with Crippen molar-refractivity contribution in [1.82, 2.24) is 0 Å². The predicted molar refractivity (Wildman–Crippen MR) is 52.7 cm³/mol. The summed E-state index contributed by atoms with van der Waals surface area (Å²) >= 11 is 0.936. The monoisotopic (exact) mass is 239 g/mol. The third-order valence-electron chi connectivity index (χ3n) is 2.12. The number of aliphatic hydroxyl groups is 1. The van der Waals surface area contributed by atoms with Crippen molar-refractivity contribution in [3.8, 4) is 0 Å². The number of nitrogens with two attached hydrogens (primary N) is 1. The summed E-state index contributed by atoms with van der Waals surface area (Å²) in [4.78, 5) is 0.627. The molecule has 0 aromatic carbocycles. The van der Waals surface area contributed by atoms with Crippen LogP contribution < -0.4 is 5.73 Å². The quantitative estimate of drug-likeness (QED) is 0.849. The van der Waals surface area contributed by atoms with Crippen LogP contribution in [-0.4, -0.2) is 17.8 Å². The van der Waals surface area contributed by atoms with Crippen molar-refractivity contribution < 1.29 is 18.3 Å². The van der Waals surface area contributed by atoms with Crippen molar-refractivity contribution in [2.24, 2.45) is 5.73 Å². The maximum absolute atomic E-state index is 12.7. The summed E-state index contributed by atoms with van der Waals surface area (Å²) in [5, 5.41) is 9.64. The molecule has 1 unspecified atom stereocenters. The standard InChI is InChI=1S/C9H12F3NOS/c1-6-2-3-7(15-6)8(14,4-5-13)9(10,11)12/h2-3,14H,4-5,13H2,1H3. The minimum atomic E-state index is -4.69. The van der Waals surface area contributed by atoms with Gasteiger partial charge in [0.1, 0.15) is 0 Å².